The summed E-state index contributed by atoms with van der Waals surface area (Å²) in [5.41, 5.74) is 4.09. The summed E-state index contributed by atoms with van der Waals surface area (Å²) in [6.45, 7) is 6.74. The number of allylic oxidation sites excluding steroid dienone is 1. The second-order valence-corrected chi connectivity index (χ2v) is 9.98. The largest absolute Gasteiger partial charge is 0.364 e. The molecule has 2 aliphatic rings. The zero-order chi connectivity index (χ0) is 22.3. The first-order valence-electron chi connectivity index (χ1n) is 10.5. The van der Waals surface area contributed by atoms with Gasteiger partial charge in [-0.2, -0.15) is 0 Å². The fourth-order valence-electron chi connectivity index (χ4n) is 4.51. The summed E-state index contributed by atoms with van der Waals surface area (Å²) in [6.07, 6.45) is 1.34. The maximum Gasteiger partial charge on any atom is 0.250 e. The second-order valence-electron chi connectivity index (χ2n) is 8.19. The van der Waals surface area contributed by atoms with Crippen molar-refractivity contribution in [2.45, 2.75) is 44.6 Å². The molecule has 3 heterocycles. The van der Waals surface area contributed by atoms with Gasteiger partial charge in [-0.15, -0.1) is 11.8 Å². The molecule has 5 nitrogen and oxygen atoms in total. The van der Waals surface area contributed by atoms with Crippen molar-refractivity contribution in [3.05, 3.63) is 79.1 Å². The van der Waals surface area contributed by atoms with Crippen LogP contribution >= 0.6 is 23.4 Å². The molecule has 1 amide bonds. The number of hydrogen-bond acceptors (Lipinski definition) is 4. The molecule has 7 heteroatoms. The number of thioether (sulfide) groups is 1. The van der Waals surface area contributed by atoms with E-state index in [-0.39, 0.29) is 35.2 Å². The van der Waals surface area contributed by atoms with E-state index in [1.165, 1.54) is 10.5 Å². The molecular weight excluding hydrogens is 432 g/mol. The van der Waals surface area contributed by atoms with Crippen LogP contribution in [0.3, 0.4) is 0 Å². The molecule has 0 saturated heterocycles. The lowest BCUT2D eigenvalue weighted by molar-refractivity contribution is -0.126. The molecule has 4 rings (SSSR count). The van der Waals surface area contributed by atoms with E-state index in [1.807, 2.05) is 49.1 Å². The highest BCUT2D eigenvalue weighted by molar-refractivity contribution is 8.03. The molecule has 0 aliphatic carbocycles. The van der Waals surface area contributed by atoms with Crippen molar-refractivity contribution in [2.75, 3.05) is 6.54 Å². The maximum absolute atomic E-state index is 12.5. The molecule has 1 aromatic carbocycles. The van der Waals surface area contributed by atoms with Crippen LogP contribution in [-0.2, 0) is 16.6 Å². The Morgan fingerprint density at radius 2 is 1.94 bits per heavy atom. The van der Waals surface area contributed by atoms with Gasteiger partial charge in [0, 0.05) is 42.0 Å². The number of ether oxygens (including phenoxy) is 1. The Labute approximate surface area is 191 Å². The molecular formula is C24H27ClN2O3S. The number of fused-ring (bicyclic) bond motifs is 3. The summed E-state index contributed by atoms with van der Waals surface area (Å²) >= 11 is 7.96. The highest BCUT2D eigenvalue weighted by Gasteiger charge is 2.45. The number of hydrogen-bond donors (Lipinski definition) is 1. The number of nitrogens with one attached hydrogen (secondary N) is 1. The van der Waals surface area contributed by atoms with Crippen molar-refractivity contribution >= 4 is 29.3 Å². The number of carbonyl (C=O) groups excluding carboxylic acids is 1. The van der Waals surface area contributed by atoms with Gasteiger partial charge in [0.05, 0.1) is 18.6 Å². The number of aromatic nitrogens is 1. The minimum Gasteiger partial charge on any atom is -0.364 e. The zero-order valence-corrected chi connectivity index (χ0v) is 19.7. The number of carbonyl (C=O) groups is 1. The summed E-state index contributed by atoms with van der Waals surface area (Å²) < 4.78 is 8.33. The van der Waals surface area contributed by atoms with E-state index in [1.54, 1.807) is 17.7 Å². The number of nitrogens with zero attached hydrogens (tertiary/aromatic N) is 1. The highest BCUT2D eigenvalue weighted by atomic mass is 35.5. The van der Waals surface area contributed by atoms with Crippen LogP contribution in [0.4, 0.5) is 0 Å². The van der Waals surface area contributed by atoms with Crippen LogP contribution in [0.5, 0.6) is 0 Å². The van der Waals surface area contributed by atoms with Crippen LogP contribution < -0.4 is 10.9 Å². The average Bonchev–Trinajstić information content (AvgIpc) is 2.95. The lowest BCUT2D eigenvalue weighted by Crippen LogP contribution is -2.27. The van der Waals surface area contributed by atoms with Crippen molar-refractivity contribution in [1.29, 1.82) is 0 Å². The quantitative estimate of drug-likeness (QED) is 0.694. The monoisotopic (exact) mass is 458 g/mol. The molecule has 4 unspecified atom stereocenters. The van der Waals surface area contributed by atoms with Gasteiger partial charge in [0.25, 0.3) is 5.56 Å². The fourth-order valence-corrected chi connectivity index (χ4v) is 6.16. The van der Waals surface area contributed by atoms with E-state index in [0.717, 1.165) is 16.7 Å². The van der Waals surface area contributed by atoms with E-state index >= 15 is 0 Å². The number of pyridine rings is 1. The molecule has 31 heavy (non-hydrogen) atoms. The van der Waals surface area contributed by atoms with Gasteiger partial charge in [0.2, 0.25) is 5.91 Å². The predicted molar refractivity (Wildman–Crippen MR) is 125 cm³/mol. The maximum atomic E-state index is 12.5. The standard InChI is InChI=1S/C24H27ClN2O3S/c1-5-26-20(28)11-19-17-10-21(29)27(4)12-18(17)24-22(13(2)14(3)31-24)23(30-19)15-6-8-16(25)9-7-15/h6-10,12,19,22-24H,5,11H2,1-4H3,(H,26,28). The lowest BCUT2D eigenvalue weighted by atomic mass is 9.84. The van der Waals surface area contributed by atoms with E-state index < -0.39 is 6.10 Å². The van der Waals surface area contributed by atoms with Gasteiger partial charge in [-0.1, -0.05) is 29.3 Å². The fraction of sp³-hybridized carbons (Fsp3) is 0.417. The van der Waals surface area contributed by atoms with Crippen molar-refractivity contribution in [1.82, 2.24) is 9.88 Å². The molecule has 1 N–H and O–H groups in total. The Bertz CT molecular complexity index is 1090. The van der Waals surface area contributed by atoms with Crippen LogP contribution in [0.15, 0.2) is 51.8 Å². The molecule has 0 spiro atoms. The van der Waals surface area contributed by atoms with Crippen LogP contribution in [0.2, 0.25) is 5.02 Å². The van der Waals surface area contributed by atoms with Crippen molar-refractivity contribution in [3.8, 4) is 0 Å². The number of benzene rings is 1. The summed E-state index contributed by atoms with van der Waals surface area (Å²) in [6, 6.07) is 9.37. The molecule has 0 radical (unpaired) electrons. The first kappa shape index (κ1) is 22.2. The molecule has 4 atom stereocenters. The van der Waals surface area contributed by atoms with E-state index in [2.05, 4.69) is 19.2 Å². The second kappa shape index (κ2) is 8.85. The lowest BCUT2D eigenvalue weighted by Gasteiger charge is -2.29. The van der Waals surface area contributed by atoms with Gasteiger partial charge >= 0.3 is 0 Å². The van der Waals surface area contributed by atoms with Gasteiger partial charge in [0.15, 0.2) is 0 Å². The number of halogens is 1. The minimum absolute atomic E-state index is 0.0860. The molecule has 164 valence electrons. The first-order valence-corrected chi connectivity index (χ1v) is 11.8. The molecule has 0 fully saturated rings. The van der Waals surface area contributed by atoms with Crippen molar-refractivity contribution in [3.63, 3.8) is 0 Å². The van der Waals surface area contributed by atoms with Gasteiger partial charge in [-0.3, -0.25) is 9.59 Å². The molecule has 2 aliphatic heterocycles. The highest BCUT2D eigenvalue weighted by Crippen LogP contribution is 2.60. The zero-order valence-electron chi connectivity index (χ0n) is 18.1. The Morgan fingerprint density at radius 1 is 1.23 bits per heavy atom. The van der Waals surface area contributed by atoms with Crippen molar-refractivity contribution in [2.24, 2.45) is 13.0 Å². The number of amides is 1. The normalized spacial score (nSPS) is 25.1. The third-order valence-corrected chi connectivity index (χ3v) is 7.94. The third kappa shape index (κ3) is 4.21. The van der Waals surface area contributed by atoms with E-state index in [4.69, 9.17) is 16.3 Å². The van der Waals surface area contributed by atoms with E-state index in [0.29, 0.717) is 11.6 Å². The number of aryl methyl sites for hydroxylation is 1. The van der Waals surface area contributed by atoms with Gasteiger partial charge in [-0.25, -0.2) is 0 Å². The molecule has 1 aromatic heterocycles. The molecule has 2 aromatic rings. The summed E-state index contributed by atoms with van der Waals surface area (Å²) in [5.74, 6) is 0.0128. The van der Waals surface area contributed by atoms with E-state index in [9.17, 15) is 9.59 Å². The van der Waals surface area contributed by atoms with Crippen LogP contribution in [0.1, 0.15) is 61.3 Å². The average molecular weight is 459 g/mol. The Balaban J connectivity index is 1.87. The van der Waals surface area contributed by atoms with Crippen LogP contribution in [0, 0.1) is 5.92 Å². The Kier molecular flexibility index (Phi) is 6.33. The first-order chi connectivity index (χ1) is 14.8. The minimum atomic E-state index is -0.504. The van der Waals surface area contributed by atoms with Crippen molar-refractivity contribution < 1.29 is 9.53 Å². The number of rotatable bonds is 4. The Hall–Kier alpha value is -2.02. The molecule has 0 saturated carbocycles. The smallest absolute Gasteiger partial charge is 0.250 e. The Morgan fingerprint density at radius 3 is 2.61 bits per heavy atom. The van der Waals surface area contributed by atoms with Gasteiger partial charge < -0.3 is 14.6 Å². The third-order valence-electron chi connectivity index (χ3n) is 6.21. The predicted octanol–water partition coefficient (Wildman–Crippen LogP) is 5.08. The van der Waals surface area contributed by atoms with Gasteiger partial charge in [-0.05, 0) is 54.5 Å². The topological polar surface area (TPSA) is 60.3 Å². The van der Waals surface area contributed by atoms with Crippen LogP contribution in [0.25, 0.3) is 0 Å². The molecule has 0 bridgehead atoms. The summed E-state index contributed by atoms with van der Waals surface area (Å²) in [4.78, 5) is 26.4. The SMILES string of the molecule is CCNC(=O)CC1OC(c2ccc(Cl)cc2)C2C(C)=C(C)SC2c2cn(C)c(=O)cc21. The van der Waals surface area contributed by atoms with Gasteiger partial charge in [0.1, 0.15) is 0 Å². The summed E-state index contributed by atoms with van der Waals surface area (Å²) in [7, 11) is 1.77. The van der Waals surface area contributed by atoms with Crippen LogP contribution in [-0.4, -0.2) is 17.0 Å². The summed E-state index contributed by atoms with van der Waals surface area (Å²) in [5, 5.41) is 3.65.